The molecule has 0 spiro atoms. The van der Waals surface area contributed by atoms with E-state index in [-0.39, 0.29) is 24.9 Å². The molecule has 0 aliphatic carbocycles. The van der Waals surface area contributed by atoms with Crippen molar-refractivity contribution in [2.45, 2.75) is 19.5 Å². The quantitative estimate of drug-likeness (QED) is 0.680. The molecule has 0 aromatic heterocycles. The van der Waals surface area contributed by atoms with Crippen LogP contribution in [0.2, 0.25) is 0 Å². The van der Waals surface area contributed by atoms with Crippen LogP contribution in [0.25, 0.3) is 0 Å². The van der Waals surface area contributed by atoms with Gasteiger partial charge in [0.05, 0.1) is 19.0 Å². The largest absolute Gasteiger partial charge is 0.329 e. The van der Waals surface area contributed by atoms with Crippen molar-refractivity contribution in [1.82, 2.24) is 10.2 Å². The number of rotatable bonds is 6. The van der Waals surface area contributed by atoms with Crippen LogP contribution in [0, 0.1) is 5.92 Å². The molecule has 0 saturated carbocycles. The van der Waals surface area contributed by atoms with Crippen molar-refractivity contribution in [1.29, 1.82) is 0 Å². The molecule has 4 amide bonds. The molecular formula is C20H22N4O3. The summed E-state index contributed by atoms with van der Waals surface area (Å²) in [5, 5.41) is 5.34. The summed E-state index contributed by atoms with van der Waals surface area (Å²) in [6.45, 7) is 1.96. The molecule has 0 bridgehead atoms. The summed E-state index contributed by atoms with van der Waals surface area (Å²) in [4.78, 5) is 37.1. The number of nitrogens with two attached hydrogens (primary N) is 1. The number of imide groups is 1. The van der Waals surface area contributed by atoms with Gasteiger partial charge < -0.3 is 16.4 Å². The second kappa shape index (κ2) is 8.01. The molecule has 1 fully saturated rings. The summed E-state index contributed by atoms with van der Waals surface area (Å²) in [6.07, 6.45) is 0. The molecule has 2 aromatic rings. The van der Waals surface area contributed by atoms with E-state index in [2.05, 4.69) is 10.6 Å². The van der Waals surface area contributed by atoms with Crippen molar-refractivity contribution in [3.8, 4) is 0 Å². The Bertz CT molecular complexity index is 837. The Kier molecular flexibility index (Phi) is 5.52. The molecule has 0 radical (unpaired) electrons. The van der Waals surface area contributed by atoms with Crippen molar-refractivity contribution in [2.24, 2.45) is 11.7 Å². The van der Waals surface area contributed by atoms with Gasteiger partial charge in [-0.3, -0.25) is 14.5 Å². The van der Waals surface area contributed by atoms with Crippen LogP contribution in [0.5, 0.6) is 0 Å². The Morgan fingerprint density at radius 3 is 2.59 bits per heavy atom. The molecule has 4 N–H and O–H groups in total. The Hall–Kier alpha value is -3.19. The zero-order valence-electron chi connectivity index (χ0n) is 15.0. The minimum atomic E-state index is -0.429. The average molecular weight is 366 g/mol. The van der Waals surface area contributed by atoms with Crippen molar-refractivity contribution >= 4 is 23.5 Å². The Morgan fingerprint density at radius 1 is 1.19 bits per heavy atom. The van der Waals surface area contributed by atoms with Gasteiger partial charge >= 0.3 is 6.03 Å². The van der Waals surface area contributed by atoms with Crippen molar-refractivity contribution in [3.05, 3.63) is 65.7 Å². The van der Waals surface area contributed by atoms with Crippen LogP contribution in [0.3, 0.4) is 0 Å². The topological polar surface area (TPSA) is 105 Å². The molecule has 7 nitrogen and oxygen atoms in total. The maximum atomic E-state index is 12.6. The molecule has 2 aromatic carbocycles. The van der Waals surface area contributed by atoms with Gasteiger partial charge in [-0.1, -0.05) is 49.4 Å². The number of carbonyl (C=O) groups excluding carboxylic acids is 3. The minimum absolute atomic E-state index is 0.0180. The van der Waals surface area contributed by atoms with E-state index in [1.807, 2.05) is 30.3 Å². The van der Waals surface area contributed by atoms with Gasteiger partial charge in [0.2, 0.25) is 11.8 Å². The summed E-state index contributed by atoms with van der Waals surface area (Å²) in [7, 11) is 0. The van der Waals surface area contributed by atoms with E-state index < -0.39 is 18.0 Å². The van der Waals surface area contributed by atoms with Crippen LogP contribution in [0.15, 0.2) is 54.6 Å². The second-order valence-corrected chi connectivity index (χ2v) is 6.55. The first-order valence-electron chi connectivity index (χ1n) is 8.74. The maximum absolute atomic E-state index is 12.6. The van der Waals surface area contributed by atoms with Crippen LogP contribution < -0.4 is 16.4 Å². The highest BCUT2D eigenvalue weighted by Gasteiger charge is 2.28. The molecule has 1 aliphatic rings. The summed E-state index contributed by atoms with van der Waals surface area (Å²) < 4.78 is 0. The van der Waals surface area contributed by atoms with E-state index in [4.69, 9.17) is 5.73 Å². The van der Waals surface area contributed by atoms with Crippen LogP contribution in [0.1, 0.15) is 24.1 Å². The van der Waals surface area contributed by atoms with Gasteiger partial charge in [-0.2, -0.15) is 0 Å². The first kappa shape index (κ1) is 18.6. The lowest BCUT2D eigenvalue weighted by atomic mass is 9.94. The number of nitrogens with one attached hydrogen (secondary N) is 2. The van der Waals surface area contributed by atoms with Crippen molar-refractivity contribution < 1.29 is 14.4 Å². The van der Waals surface area contributed by atoms with Crippen LogP contribution in [-0.2, 0) is 16.1 Å². The molecule has 7 heteroatoms. The number of urea groups is 1. The van der Waals surface area contributed by atoms with E-state index in [1.165, 1.54) is 0 Å². The molecule has 1 aliphatic heterocycles. The lowest BCUT2D eigenvalue weighted by molar-refractivity contribution is -0.125. The molecule has 3 rings (SSSR count). The lowest BCUT2D eigenvalue weighted by Gasteiger charge is -2.20. The lowest BCUT2D eigenvalue weighted by Crippen LogP contribution is -2.31. The summed E-state index contributed by atoms with van der Waals surface area (Å²) >= 11 is 0. The SMILES string of the molecule is CC(C(=O)Nc1cccc(CN2C(=O)CNC2=O)c1)C(N)c1ccccc1. The number of anilines is 1. The summed E-state index contributed by atoms with van der Waals surface area (Å²) in [6, 6.07) is 15.7. The van der Waals surface area contributed by atoms with E-state index in [1.54, 1.807) is 31.2 Å². The third-order valence-electron chi connectivity index (χ3n) is 4.61. The maximum Gasteiger partial charge on any atom is 0.324 e. The predicted octanol–water partition coefficient (Wildman–Crippen LogP) is 2.01. The highest BCUT2D eigenvalue weighted by molar-refractivity contribution is 6.01. The number of hydrogen-bond donors (Lipinski definition) is 3. The average Bonchev–Trinajstić information content (AvgIpc) is 3.00. The number of hydrogen-bond acceptors (Lipinski definition) is 4. The van der Waals surface area contributed by atoms with Gasteiger partial charge in [0.25, 0.3) is 0 Å². The van der Waals surface area contributed by atoms with Crippen molar-refractivity contribution in [3.63, 3.8) is 0 Å². The van der Waals surface area contributed by atoms with Crippen LogP contribution in [-0.4, -0.2) is 29.3 Å². The third-order valence-corrected chi connectivity index (χ3v) is 4.61. The highest BCUT2D eigenvalue weighted by atomic mass is 16.2. The van der Waals surface area contributed by atoms with Crippen LogP contribution >= 0.6 is 0 Å². The standard InChI is InChI=1S/C20H22N4O3/c1-13(18(21)15-7-3-2-4-8-15)19(26)23-16-9-5-6-14(10-16)12-24-17(25)11-22-20(24)27/h2-10,13,18H,11-12,21H2,1H3,(H,22,27)(H,23,26). The number of benzene rings is 2. The second-order valence-electron chi connectivity index (χ2n) is 6.55. The van der Waals surface area contributed by atoms with Gasteiger partial charge in [0, 0.05) is 11.7 Å². The minimum Gasteiger partial charge on any atom is -0.329 e. The Morgan fingerprint density at radius 2 is 1.93 bits per heavy atom. The first-order valence-corrected chi connectivity index (χ1v) is 8.74. The monoisotopic (exact) mass is 366 g/mol. The predicted molar refractivity (Wildman–Crippen MR) is 102 cm³/mol. The zero-order chi connectivity index (χ0) is 19.4. The molecule has 140 valence electrons. The molecular weight excluding hydrogens is 344 g/mol. The van der Waals surface area contributed by atoms with E-state index >= 15 is 0 Å². The van der Waals surface area contributed by atoms with E-state index in [0.717, 1.165) is 16.0 Å². The summed E-state index contributed by atoms with van der Waals surface area (Å²) in [5.41, 5.74) is 8.45. The smallest absolute Gasteiger partial charge is 0.324 e. The molecule has 1 saturated heterocycles. The van der Waals surface area contributed by atoms with Crippen molar-refractivity contribution in [2.75, 3.05) is 11.9 Å². The molecule has 2 atom stereocenters. The molecule has 27 heavy (non-hydrogen) atoms. The summed E-state index contributed by atoms with van der Waals surface area (Å²) in [5.74, 6) is -0.891. The van der Waals surface area contributed by atoms with Crippen LogP contribution in [0.4, 0.5) is 10.5 Å². The van der Waals surface area contributed by atoms with Gasteiger partial charge in [0.15, 0.2) is 0 Å². The first-order chi connectivity index (χ1) is 13.0. The normalized spacial score (nSPS) is 16.0. The van der Waals surface area contributed by atoms with Gasteiger partial charge in [0.1, 0.15) is 0 Å². The van der Waals surface area contributed by atoms with E-state index in [0.29, 0.717) is 5.69 Å². The fourth-order valence-corrected chi connectivity index (χ4v) is 2.93. The molecule has 2 unspecified atom stereocenters. The highest BCUT2D eigenvalue weighted by Crippen LogP contribution is 2.21. The number of nitrogens with zero attached hydrogens (tertiary/aromatic N) is 1. The zero-order valence-corrected chi connectivity index (χ0v) is 15.0. The Balaban J connectivity index is 1.66. The molecule has 1 heterocycles. The fraction of sp³-hybridized carbons (Fsp3) is 0.250. The third kappa shape index (κ3) is 4.32. The van der Waals surface area contributed by atoms with Gasteiger partial charge in [-0.05, 0) is 23.3 Å². The number of amides is 4. The van der Waals surface area contributed by atoms with Gasteiger partial charge in [-0.25, -0.2) is 4.79 Å². The van der Waals surface area contributed by atoms with E-state index in [9.17, 15) is 14.4 Å². The fourth-order valence-electron chi connectivity index (χ4n) is 2.93. The number of carbonyl (C=O) groups is 3. The Labute approximate surface area is 157 Å². The van der Waals surface area contributed by atoms with Gasteiger partial charge in [-0.15, -0.1) is 0 Å².